The Hall–Kier alpha value is -2.15. The zero-order chi connectivity index (χ0) is 16.8. The maximum absolute atomic E-state index is 10.9. The molecule has 1 saturated heterocycles. The van der Waals surface area contributed by atoms with E-state index in [2.05, 4.69) is 10.2 Å². The molecule has 0 spiro atoms. The van der Waals surface area contributed by atoms with E-state index < -0.39 is 5.97 Å². The third kappa shape index (κ3) is 4.44. The van der Waals surface area contributed by atoms with Crippen LogP contribution in [-0.2, 0) is 11.3 Å². The number of carboxylic acid groups (broad SMARTS) is 1. The fourth-order valence-electron chi connectivity index (χ4n) is 2.79. The van der Waals surface area contributed by atoms with Crippen LogP contribution < -0.4 is 10.4 Å². The number of benzene rings is 1. The number of morpholine rings is 1. The van der Waals surface area contributed by atoms with E-state index in [9.17, 15) is 9.90 Å². The zero-order valence-corrected chi connectivity index (χ0v) is 13.6. The summed E-state index contributed by atoms with van der Waals surface area (Å²) in [6.45, 7) is 6.49. The Morgan fingerprint density at radius 2 is 2.04 bits per heavy atom. The van der Waals surface area contributed by atoms with Crippen LogP contribution in [0.1, 0.15) is 16.1 Å². The van der Waals surface area contributed by atoms with E-state index >= 15 is 0 Å². The van der Waals surface area contributed by atoms with Crippen molar-refractivity contribution >= 4 is 5.97 Å². The largest absolute Gasteiger partial charge is 0.545 e. The predicted molar refractivity (Wildman–Crippen MR) is 86.2 cm³/mol. The molecular weight excluding hydrogens is 308 g/mol. The molecule has 0 aliphatic carbocycles. The van der Waals surface area contributed by atoms with Crippen LogP contribution in [0.4, 0.5) is 0 Å². The smallest absolute Gasteiger partial charge is 0.158 e. The van der Waals surface area contributed by atoms with Crippen LogP contribution in [0.5, 0.6) is 0 Å². The standard InChI is InChI=1S/C18H22N2O4/c21-18(22)15-3-1-2-14(12-15)17-5-4-16(24-17)13-19-6-7-20-8-10-23-11-9-20/h1-5,12,19H,6-11,13H2,(H,21,22). The molecule has 1 aliphatic heterocycles. The highest BCUT2D eigenvalue weighted by molar-refractivity contribution is 5.87. The lowest BCUT2D eigenvalue weighted by Gasteiger charge is -2.25. The summed E-state index contributed by atoms with van der Waals surface area (Å²) in [6.07, 6.45) is 0. The second kappa shape index (κ2) is 8.10. The van der Waals surface area contributed by atoms with Crippen LogP contribution in [0.3, 0.4) is 0 Å². The minimum atomic E-state index is -1.18. The third-order valence-electron chi connectivity index (χ3n) is 4.14. The molecule has 6 nitrogen and oxygen atoms in total. The summed E-state index contributed by atoms with van der Waals surface area (Å²) in [6, 6.07) is 10.4. The van der Waals surface area contributed by atoms with Crippen molar-refractivity contribution in [3.05, 3.63) is 47.7 Å². The molecule has 1 aromatic heterocycles. The average Bonchev–Trinajstić information content (AvgIpc) is 3.09. The first-order valence-electron chi connectivity index (χ1n) is 8.24. The van der Waals surface area contributed by atoms with Gasteiger partial charge in [-0.2, -0.15) is 0 Å². The van der Waals surface area contributed by atoms with Gasteiger partial charge in [0.05, 0.1) is 25.7 Å². The van der Waals surface area contributed by atoms with Gasteiger partial charge in [0, 0.05) is 25.2 Å². The number of hydrogen-bond acceptors (Lipinski definition) is 5. The van der Waals surface area contributed by atoms with Crippen molar-refractivity contribution in [3.8, 4) is 11.3 Å². The monoisotopic (exact) mass is 330 g/mol. The summed E-state index contributed by atoms with van der Waals surface area (Å²) >= 11 is 0. The lowest BCUT2D eigenvalue weighted by Crippen LogP contribution is -2.84. The maximum atomic E-state index is 10.9. The molecule has 6 heteroatoms. The van der Waals surface area contributed by atoms with Gasteiger partial charge in [0.2, 0.25) is 0 Å². The van der Waals surface area contributed by atoms with Crippen LogP contribution in [0.15, 0.2) is 40.8 Å². The van der Waals surface area contributed by atoms with Gasteiger partial charge < -0.3 is 24.4 Å². The molecule has 1 aromatic carbocycles. The van der Waals surface area contributed by atoms with Crippen molar-refractivity contribution in [2.45, 2.75) is 6.54 Å². The minimum absolute atomic E-state index is 0.155. The Kier molecular flexibility index (Phi) is 5.63. The van der Waals surface area contributed by atoms with Crippen molar-refractivity contribution in [2.75, 3.05) is 39.4 Å². The van der Waals surface area contributed by atoms with Gasteiger partial charge in [0.25, 0.3) is 0 Å². The molecule has 128 valence electrons. The number of nitrogens with two attached hydrogens (primary N) is 1. The van der Waals surface area contributed by atoms with Crippen LogP contribution >= 0.6 is 0 Å². The Bertz CT molecular complexity index is 677. The third-order valence-corrected chi connectivity index (χ3v) is 4.14. The summed E-state index contributed by atoms with van der Waals surface area (Å²) in [5.41, 5.74) is 0.902. The predicted octanol–water partition coefficient (Wildman–Crippen LogP) is -0.294. The van der Waals surface area contributed by atoms with E-state index in [4.69, 9.17) is 9.15 Å². The highest BCUT2D eigenvalue weighted by atomic mass is 16.5. The number of quaternary nitrogens is 1. The van der Waals surface area contributed by atoms with Gasteiger partial charge in [-0.25, -0.2) is 0 Å². The molecule has 2 aromatic rings. The van der Waals surface area contributed by atoms with Gasteiger partial charge in [-0.1, -0.05) is 18.2 Å². The number of carbonyl (C=O) groups is 1. The fourth-order valence-corrected chi connectivity index (χ4v) is 2.79. The van der Waals surface area contributed by atoms with Gasteiger partial charge >= 0.3 is 0 Å². The summed E-state index contributed by atoms with van der Waals surface area (Å²) < 4.78 is 11.2. The second-order valence-electron chi connectivity index (χ2n) is 5.87. The first-order valence-corrected chi connectivity index (χ1v) is 8.24. The molecule has 24 heavy (non-hydrogen) atoms. The molecule has 0 bridgehead atoms. The van der Waals surface area contributed by atoms with Crippen LogP contribution in [0.25, 0.3) is 11.3 Å². The van der Waals surface area contributed by atoms with Crippen LogP contribution in [0.2, 0.25) is 0 Å². The SMILES string of the molecule is O=C([O-])c1cccc(-c2ccc(C[NH2+]CCN3CCOCC3)o2)c1. The molecule has 0 radical (unpaired) electrons. The summed E-state index contributed by atoms with van der Waals surface area (Å²) in [4.78, 5) is 13.3. The highest BCUT2D eigenvalue weighted by Crippen LogP contribution is 2.22. The number of furan rings is 1. The Morgan fingerprint density at radius 1 is 1.21 bits per heavy atom. The minimum Gasteiger partial charge on any atom is -0.545 e. The summed E-state index contributed by atoms with van der Waals surface area (Å²) in [7, 11) is 0. The fraction of sp³-hybridized carbons (Fsp3) is 0.389. The Morgan fingerprint density at radius 3 is 2.83 bits per heavy atom. The molecule has 3 rings (SSSR count). The number of rotatable bonds is 7. The molecule has 0 saturated carbocycles. The first kappa shape index (κ1) is 16.7. The van der Waals surface area contributed by atoms with Crippen LogP contribution in [-0.4, -0.2) is 50.3 Å². The molecule has 0 amide bonds. The Balaban J connectivity index is 1.50. The van der Waals surface area contributed by atoms with Gasteiger partial charge in [-0.05, 0) is 23.8 Å². The normalized spacial score (nSPS) is 15.5. The molecule has 1 fully saturated rings. The van der Waals surface area contributed by atoms with Crippen molar-refractivity contribution in [1.29, 1.82) is 0 Å². The lowest BCUT2D eigenvalue weighted by atomic mass is 10.1. The van der Waals surface area contributed by atoms with Crippen molar-refractivity contribution in [1.82, 2.24) is 4.90 Å². The number of ether oxygens (including phenoxy) is 1. The number of carbonyl (C=O) groups excluding carboxylic acids is 1. The molecule has 0 unspecified atom stereocenters. The quantitative estimate of drug-likeness (QED) is 0.705. The Labute approximate surface area is 141 Å². The van der Waals surface area contributed by atoms with Gasteiger partial charge in [0.15, 0.2) is 5.76 Å². The van der Waals surface area contributed by atoms with E-state index in [0.29, 0.717) is 5.76 Å². The highest BCUT2D eigenvalue weighted by Gasteiger charge is 2.11. The van der Waals surface area contributed by atoms with Crippen molar-refractivity contribution in [3.63, 3.8) is 0 Å². The molecular formula is C18H22N2O4. The topological polar surface area (TPSA) is 82.3 Å². The summed E-state index contributed by atoms with van der Waals surface area (Å²) in [5, 5.41) is 13.2. The van der Waals surface area contributed by atoms with Gasteiger partial charge in [-0.15, -0.1) is 0 Å². The maximum Gasteiger partial charge on any atom is 0.158 e. The number of hydrogen-bond donors (Lipinski definition) is 1. The van der Waals surface area contributed by atoms with E-state index in [1.807, 2.05) is 18.2 Å². The van der Waals surface area contributed by atoms with Gasteiger partial charge in [-0.3, -0.25) is 4.90 Å². The molecule has 2 heterocycles. The van der Waals surface area contributed by atoms with Gasteiger partial charge in [0.1, 0.15) is 12.3 Å². The summed E-state index contributed by atoms with van der Waals surface area (Å²) in [5.74, 6) is 0.376. The second-order valence-corrected chi connectivity index (χ2v) is 5.87. The van der Waals surface area contributed by atoms with E-state index in [1.54, 1.807) is 12.1 Å². The molecule has 2 N–H and O–H groups in total. The number of carboxylic acids is 1. The van der Waals surface area contributed by atoms with Crippen LogP contribution in [0, 0.1) is 0 Å². The number of nitrogens with zero attached hydrogens (tertiary/aromatic N) is 1. The van der Waals surface area contributed by atoms with E-state index in [1.165, 1.54) is 6.07 Å². The van der Waals surface area contributed by atoms with Crippen molar-refractivity contribution < 1.29 is 24.4 Å². The first-order chi connectivity index (χ1) is 11.7. The lowest BCUT2D eigenvalue weighted by molar-refractivity contribution is -0.672. The van der Waals surface area contributed by atoms with E-state index in [-0.39, 0.29) is 5.56 Å². The zero-order valence-electron chi connectivity index (χ0n) is 13.6. The van der Waals surface area contributed by atoms with Crippen molar-refractivity contribution in [2.24, 2.45) is 0 Å². The van der Waals surface area contributed by atoms with E-state index in [0.717, 1.165) is 57.3 Å². The number of aromatic carboxylic acids is 1. The molecule has 1 aliphatic rings. The molecule has 0 atom stereocenters. The average molecular weight is 330 g/mol.